The number of hydrogen-bond acceptors (Lipinski definition) is 6. The molecule has 1 fully saturated rings. The summed E-state index contributed by atoms with van der Waals surface area (Å²) in [6.45, 7) is 0.471. The minimum Gasteiger partial charge on any atom is -0.452 e. The molecule has 0 atom stereocenters. The molecule has 0 aromatic heterocycles. The van der Waals surface area contributed by atoms with Crippen LogP contribution in [0.2, 0.25) is 0 Å². The highest BCUT2D eigenvalue weighted by Gasteiger charge is 2.24. The molecule has 0 unspecified atom stereocenters. The summed E-state index contributed by atoms with van der Waals surface area (Å²) >= 11 is 0. The number of carbonyl (C=O) groups is 3. The Kier molecular flexibility index (Phi) is 9.12. The van der Waals surface area contributed by atoms with Crippen LogP contribution in [0.4, 0.5) is 0 Å². The van der Waals surface area contributed by atoms with Crippen LogP contribution in [-0.4, -0.2) is 50.2 Å². The largest absolute Gasteiger partial charge is 0.452 e. The molecule has 0 spiro atoms. The SMILES string of the molecule is O=C(COC(=O)/C=C/c1ccc(S(=O)(=O)N2CCCCCC2)cc1)NC(=O)Cc1ccccc1. The van der Waals surface area contributed by atoms with E-state index in [-0.39, 0.29) is 11.3 Å². The van der Waals surface area contributed by atoms with E-state index in [4.69, 9.17) is 4.74 Å². The maximum atomic E-state index is 12.8. The predicted molar refractivity (Wildman–Crippen MR) is 127 cm³/mol. The molecule has 0 bridgehead atoms. The molecule has 1 aliphatic rings. The second-order valence-electron chi connectivity index (χ2n) is 7.96. The molecule has 0 saturated carbocycles. The van der Waals surface area contributed by atoms with Crippen LogP contribution in [0.25, 0.3) is 6.08 Å². The lowest BCUT2D eigenvalue weighted by atomic mass is 10.1. The molecule has 1 N–H and O–H groups in total. The van der Waals surface area contributed by atoms with E-state index in [1.54, 1.807) is 36.4 Å². The van der Waals surface area contributed by atoms with Crippen molar-refractivity contribution in [3.63, 3.8) is 0 Å². The normalized spacial score (nSPS) is 14.9. The third kappa shape index (κ3) is 7.64. The molecule has 9 heteroatoms. The molecule has 1 aliphatic heterocycles. The maximum absolute atomic E-state index is 12.8. The van der Waals surface area contributed by atoms with E-state index in [2.05, 4.69) is 5.32 Å². The van der Waals surface area contributed by atoms with Crippen molar-refractivity contribution in [2.75, 3.05) is 19.7 Å². The van der Waals surface area contributed by atoms with E-state index >= 15 is 0 Å². The van der Waals surface area contributed by atoms with E-state index in [9.17, 15) is 22.8 Å². The minimum atomic E-state index is -3.54. The number of esters is 1. The van der Waals surface area contributed by atoms with Gasteiger partial charge < -0.3 is 4.74 Å². The summed E-state index contributed by atoms with van der Waals surface area (Å²) in [4.78, 5) is 35.8. The highest BCUT2D eigenvalue weighted by atomic mass is 32.2. The van der Waals surface area contributed by atoms with Crippen molar-refractivity contribution < 1.29 is 27.5 Å². The Morgan fingerprint density at radius 2 is 1.53 bits per heavy atom. The number of hydrogen-bond donors (Lipinski definition) is 1. The van der Waals surface area contributed by atoms with E-state index in [1.807, 2.05) is 6.07 Å². The van der Waals surface area contributed by atoms with Crippen LogP contribution in [-0.2, 0) is 35.6 Å². The Morgan fingerprint density at radius 1 is 0.882 bits per heavy atom. The van der Waals surface area contributed by atoms with Crippen LogP contribution in [0.3, 0.4) is 0 Å². The van der Waals surface area contributed by atoms with Gasteiger partial charge in [0.1, 0.15) is 0 Å². The van der Waals surface area contributed by atoms with Crippen molar-refractivity contribution in [3.8, 4) is 0 Å². The lowest BCUT2D eigenvalue weighted by Gasteiger charge is -2.19. The molecule has 2 aromatic carbocycles. The molecule has 0 radical (unpaired) electrons. The lowest BCUT2D eigenvalue weighted by Crippen LogP contribution is -2.35. The molecule has 3 rings (SSSR count). The van der Waals surface area contributed by atoms with Gasteiger partial charge >= 0.3 is 5.97 Å². The average Bonchev–Trinajstić information content (AvgIpc) is 3.12. The van der Waals surface area contributed by atoms with Gasteiger partial charge in [0.05, 0.1) is 11.3 Å². The number of benzene rings is 2. The minimum absolute atomic E-state index is 0.0455. The zero-order chi connectivity index (χ0) is 24.4. The Bertz CT molecular complexity index is 1120. The van der Waals surface area contributed by atoms with Crippen LogP contribution < -0.4 is 5.32 Å². The zero-order valence-corrected chi connectivity index (χ0v) is 19.6. The van der Waals surface area contributed by atoms with Crippen molar-refractivity contribution in [3.05, 3.63) is 71.8 Å². The van der Waals surface area contributed by atoms with Gasteiger partial charge in [-0.15, -0.1) is 0 Å². The molecule has 0 aliphatic carbocycles. The van der Waals surface area contributed by atoms with E-state index < -0.39 is 34.4 Å². The Balaban J connectivity index is 1.46. The Labute approximate surface area is 199 Å². The topological polar surface area (TPSA) is 110 Å². The second-order valence-corrected chi connectivity index (χ2v) is 9.90. The summed E-state index contributed by atoms with van der Waals surface area (Å²) in [6.07, 6.45) is 6.45. The van der Waals surface area contributed by atoms with Gasteiger partial charge in [-0.1, -0.05) is 55.3 Å². The zero-order valence-electron chi connectivity index (χ0n) is 18.8. The van der Waals surface area contributed by atoms with Crippen molar-refractivity contribution in [2.24, 2.45) is 0 Å². The molecule has 1 saturated heterocycles. The highest BCUT2D eigenvalue weighted by molar-refractivity contribution is 7.89. The number of nitrogens with one attached hydrogen (secondary N) is 1. The van der Waals surface area contributed by atoms with Gasteiger partial charge in [0.25, 0.3) is 5.91 Å². The average molecular weight is 485 g/mol. The van der Waals surface area contributed by atoms with Crippen molar-refractivity contribution in [1.82, 2.24) is 9.62 Å². The number of nitrogens with zero attached hydrogens (tertiary/aromatic N) is 1. The maximum Gasteiger partial charge on any atom is 0.331 e. The summed E-state index contributed by atoms with van der Waals surface area (Å²) in [5, 5.41) is 2.17. The number of amides is 2. The van der Waals surface area contributed by atoms with Crippen molar-refractivity contribution in [1.29, 1.82) is 0 Å². The van der Waals surface area contributed by atoms with Crippen molar-refractivity contribution in [2.45, 2.75) is 37.0 Å². The second kappa shape index (κ2) is 12.2. The molecule has 2 amide bonds. The van der Waals surface area contributed by atoms with Gasteiger partial charge in [0.2, 0.25) is 15.9 Å². The molecule has 1 heterocycles. The highest BCUT2D eigenvalue weighted by Crippen LogP contribution is 2.21. The van der Waals surface area contributed by atoms with Gasteiger partial charge in [0.15, 0.2) is 6.61 Å². The number of rotatable bonds is 8. The number of sulfonamides is 1. The van der Waals surface area contributed by atoms with E-state index in [0.717, 1.165) is 37.3 Å². The third-order valence-corrected chi connectivity index (χ3v) is 7.24. The predicted octanol–water partition coefficient (Wildman–Crippen LogP) is 2.69. The van der Waals surface area contributed by atoms with Gasteiger partial charge in [0, 0.05) is 19.2 Å². The summed E-state index contributed by atoms with van der Waals surface area (Å²) in [6, 6.07) is 15.2. The fraction of sp³-hybridized carbons (Fsp3) is 0.320. The third-order valence-electron chi connectivity index (χ3n) is 5.33. The fourth-order valence-electron chi connectivity index (χ4n) is 3.55. The van der Waals surface area contributed by atoms with Crippen LogP contribution in [0.5, 0.6) is 0 Å². The van der Waals surface area contributed by atoms with Crippen LogP contribution in [0.15, 0.2) is 65.6 Å². The molecule has 8 nitrogen and oxygen atoms in total. The van der Waals surface area contributed by atoms with Crippen LogP contribution in [0.1, 0.15) is 36.8 Å². The lowest BCUT2D eigenvalue weighted by molar-refractivity contribution is -0.145. The number of ether oxygens (including phenoxy) is 1. The van der Waals surface area contributed by atoms with E-state index in [0.29, 0.717) is 18.7 Å². The summed E-state index contributed by atoms with van der Waals surface area (Å²) in [5.41, 5.74) is 1.37. The number of carbonyl (C=O) groups excluding carboxylic acids is 3. The van der Waals surface area contributed by atoms with Crippen LogP contribution in [0, 0.1) is 0 Å². The Hall–Kier alpha value is -3.30. The first-order valence-electron chi connectivity index (χ1n) is 11.2. The standard InChI is InChI=1S/C25H28N2O6S/c28-23(18-21-8-4-3-5-9-21)26-24(29)19-33-25(30)15-12-20-10-13-22(14-11-20)34(31,32)27-16-6-1-2-7-17-27/h3-5,8-15H,1-2,6-7,16-19H2,(H,26,28,29)/b15-12+. The first-order chi connectivity index (χ1) is 16.3. The van der Waals surface area contributed by atoms with Crippen LogP contribution >= 0.6 is 0 Å². The molecule has 34 heavy (non-hydrogen) atoms. The van der Waals surface area contributed by atoms with Gasteiger partial charge in [-0.3, -0.25) is 14.9 Å². The number of imide groups is 1. The smallest absolute Gasteiger partial charge is 0.331 e. The molecule has 180 valence electrons. The van der Waals surface area contributed by atoms with E-state index in [1.165, 1.54) is 22.5 Å². The molecule has 2 aromatic rings. The fourth-order valence-corrected chi connectivity index (χ4v) is 5.07. The van der Waals surface area contributed by atoms with Gasteiger partial charge in [-0.05, 0) is 42.2 Å². The van der Waals surface area contributed by atoms with Gasteiger partial charge in [-0.2, -0.15) is 4.31 Å². The first kappa shape index (κ1) is 25.3. The summed E-state index contributed by atoms with van der Waals surface area (Å²) in [5.74, 6) is -1.96. The monoisotopic (exact) mass is 484 g/mol. The summed E-state index contributed by atoms with van der Waals surface area (Å²) < 4.78 is 32.0. The summed E-state index contributed by atoms with van der Waals surface area (Å²) in [7, 11) is -3.54. The van der Waals surface area contributed by atoms with Gasteiger partial charge in [-0.25, -0.2) is 13.2 Å². The quantitative estimate of drug-likeness (QED) is 0.456. The molecular formula is C25H28N2O6S. The molecular weight excluding hydrogens is 456 g/mol. The Morgan fingerprint density at radius 3 is 2.18 bits per heavy atom. The van der Waals surface area contributed by atoms with Crippen molar-refractivity contribution >= 4 is 33.9 Å². The first-order valence-corrected chi connectivity index (χ1v) is 12.6.